The summed E-state index contributed by atoms with van der Waals surface area (Å²) in [5.41, 5.74) is 2.26. The van der Waals surface area contributed by atoms with Gasteiger partial charge in [0, 0.05) is 50.3 Å². The Hall–Kier alpha value is -2.20. The Bertz CT molecular complexity index is 645. The van der Waals surface area contributed by atoms with Crippen LogP contribution in [0.3, 0.4) is 0 Å². The van der Waals surface area contributed by atoms with Gasteiger partial charge in [-0.2, -0.15) is 0 Å². The number of hydrogen-bond donors (Lipinski definition) is 0. The van der Waals surface area contributed by atoms with Crippen molar-refractivity contribution in [2.45, 2.75) is 18.8 Å². The molecular weight excluding hydrogens is 300 g/mol. The van der Waals surface area contributed by atoms with Crippen LogP contribution in [0.15, 0.2) is 54.7 Å². The minimum Gasteiger partial charge on any atom is -0.384 e. The van der Waals surface area contributed by atoms with E-state index in [1.165, 1.54) is 5.56 Å². The monoisotopic (exact) mass is 324 g/mol. The quantitative estimate of drug-likeness (QED) is 0.820. The van der Waals surface area contributed by atoms with E-state index in [1.807, 2.05) is 47.5 Å². The molecule has 0 saturated carbocycles. The number of likely N-dealkylation sites (tertiary alicyclic amines) is 1. The molecule has 2 aromatic rings. The minimum atomic E-state index is 0.221. The zero-order chi connectivity index (χ0) is 16.8. The number of aromatic nitrogens is 1. The summed E-state index contributed by atoms with van der Waals surface area (Å²) in [6.07, 6.45) is 3.16. The number of benzene rings is 1. The maximum absolute atomic E-state index is 12.6. The van der Waals surface area contributed by atoms with Crippen molar-refractivity contribution in [1.82, 2.24) is 9.88 Å². The zero-order valence-electron chi connectivity index (χ0n) is 14.1. The Balaban J connectivity index is 1.63. The Kier molecular flexibility index (Phi) is 5.59. The maximum atomic E-state index is 12.6. The molecule has 1 aliphatic heterocycles. The second-order valence-corrected chi connectivity index (χ2v) is 6.36. The Morgan fingerprint density at radius 2 is 1.96 bits per heavy atom. The Morgan fingerprint density at radius 1 is 1.17 bits per heavy atom. The zero-order valence-corrected chi connectivity index (χ0v) is 14.1. The number of aryl methyl sites for hydroxylation is 1. The molecule has 0 spiro atoms. The van der Waals surface area contributed by atoms with E-state index in [0.717, 1.165) is 25.2 Å². The molecule has 0 unspecified atom stereocenters. The molecule has 0 N–H and O–H groups in total. The highest BCUT2D eigenvalue weighted by molar-refractivity contribution is 5.77. The maximum Gasteiger partial charge on any atom is 0.222 e. The number of pyridine rings is 1. The van der Waals surface area contributed by atoms with E-state index in [0.29, 0.717) is 18.9 Å². The Labute approximate surface area is 143 Å². The fraction of sp³-hybridized carbons (Fsp3) is 0.400. The molecule has 0 aliphatic carbocycles. The molecule has 2 atom stereocenters. The van der Waals surface area contributed by atoms with E-state index in [2.05, 4.69) is 17.1 Å². The predicted molar refractivity (Wildman–Crippen MR) is 93.7 cm³/mol. The van der Waals surface area contributed by atoms with Gasteiger partial charge in [-0.05, 0) is 24.1 Å². The van der Waals surface area contributed by atoms with E-state index < -0.39 is 0 Å². The average Bonchev–Trinajstić information content (AvgIpc) is 3.06. The summed E-state index contributed by atoms with van der Waals surface area (Å²) in [5.74, 6) is 0.788. The number of rotatable bonds is 6. The van der Waals surface area contributed by atoms with E-state index in [9.17, 15) is 4.79 Å². The lowest BCUT2D eigenvalue weighted by Crippen LogP contribution is -2.29. The normalized spacial score (nSPS) is 20.3. The highest BCUT2D eigenvalue weighted by Gasteiger charge is 2.36. The molecular formula is C20H24N2O2. The number of nitrogens with zero attached hydrogens (tertiary/aromatic N) is 2. The van der Waals surface area contributed by atoms with Gasteiger partial charge in [-0.3, -0.25) is 9.78 Å². The molecule has 2 heterocycles. The lowest BCUT2D eigenvalue weighted by molar-refractivity contribution is -0.130. The first kappa shape index (κ1) is 16.7. The summed E-state index contributed by atoms with van der Waals surface area (Å²) in [5, 5.41) is 0. The topological polar surface area (TPSA) is 42.4 Å². The predicted octanol–water partition coefficient (Wildman–Crippen LogP) is 2.90. The fourth-order valence-corrected chi connectivity index (χ4v) is 3.44. The van der Waals surface area contributed by atoms with Gasteiger partial charge in [0.1, 0.15) is 0 Å². The molecule has 1 aromatic heterocycles. The van der Waals surface area contributed by atoms with Gasteiger partial charge in [-0.25, -0.2) is 0 Å². The second-order valence-electron chi connectivity index (χ2n) is 6.36. The average molecular weight is 324 g/mol. The van der Waals surface area contributed by atoms with E-state index >= 15 is 0 Å². The molecule has 1 amide bonds. The smallest absolute Gasteiger partial charge is 0.222 e. The minimum absolute atomic E-state index is 0.221. The second kappa shape index (κ2) is 8.06. The van der Waals surface area contributed by atoms with Gasteiger partial charge < -0.3 is 9.64 Å². The number of ether oxygens (including phenoxy) is 1. The lowest BCUT2D eigenvalue weighted by Gasteiger charge is -2.16. The first-order chi connectivity index (χ1) is 11.8. The van der Waals surface area contributed by atoms with Crippen LogP contribution in [0, 0.1) is 5.92 Å². The first-order valence-corrected chi connectivity index (χ1v) is 8.49. The summed E-state index contributed by atoms with van der Waals surface area (Å²) < 4.78 is 5.37. The van der Waals surface area contributed by atoms with Crippen LogP contribution >= 0.6 is 0 Å². The van der Waals surface area contributed by atoms with Crippen LogP contribution in [0.25, 0.3) is 0 Å². The van der Waals surface area contributed by atoms with Crippen LogP contribution in [0.1, 0.15) is 23.6 Å². The molecule has 24 heavy (non-hydrogen) atoms. The molecule has 3 rings (SSSR count). The van der Waals surface area contributed by atoms with Crippen LogP contribution in [0.4, 0.5) is 0 Å². The molecule has 126 valence electrons. The highest BCUT2D eigenvalue weighted by atomic mass is 16.5. The summed E-state index contributed by atoms with van der Waals surface area (Å²) in [6, 6.07) is 16.1. The number of amides is 1. The van der Waals surface area contributed by atoms with Gasteiger partial charge in [0.2, 0.25) is 5.91 Å². The van der Waals surface area contributed by atoms with Crippen molar-refractivity contribution < 1.29 is 9.53 Å². The molecule has 0 radical (unpaired) electrons. The molecule has 4 heteroatoms. The first-order valence-electron chi connectivity index (χ1n) is 8.49. The summed E-state index contributed by atoms with van der Waals surface area (Å²) in [4.78, 5) is 19.1. The van der Waals surface area contributed by atoms with Crippen molar-refractivity contribution in [1.29, 1.82) is 0 Å². The SMILES string of the molecule is COC[C@@H]1CN(C(=O)CCc2ccccc2)C[C@H]1c1ccccn1. The third-order valence-corrected chi connectivity index (χ3v) is 4.71. The van der Waals surface area contributed by atoms with Crippen LogP contribution < -0.4 is 0 Å². The standard InChI is InChI=1S/C20H24N2O2/c1-24-15-17-13-22(14-18(17)19-9-5-6-12-21-19)20(23)11-10-16-7-3-2-4-8-16/h2-9,12,17-18H,10-11,13-15H2,1H3/t17-,18+/m0/s1. The van der Waals surface area contributed by atoms with Gasteiger partial charge >= 0.3 is 0 Å². The van der Waals surface area contributed by atoms with Gasteiger partial charge in [-0.1, -0.05) is 36.4 Å². The number of carbonyl (C=O) groups is 1. The highest BCUT2D eigenvalue weighted by Crippen LogP contribution is 2.32. The van der Waals surface area contributed by atoms with E-state index in [4.69, 9.17) is 4.74 Å². The third kappa shape index (κ3) is 4.01. The summed E-state index contributed by atoms with van der Waals surface area (Å²) >= 11 is 0. The molecule has 4 nitrogen and oxygen atoms in total. The van der Waals surface area contributed by atoms with Gasteiger partial charge in [0.05, 0.1) is 6.61 Å². The molecule has 1 aromatic carbocycles. The van der Waals surface area contributed by atoms with Gasteiger partial charge in [0.15, 0.2) is 0 Å². The molecule has 1 fully saturated rings. The van der Waals surface area contributed by atoms with Crippen molar-refractivity contribution in [3.63, 3.8) is 0 Å². The molecule has 1 aliphatic rings. The Morgan fingerprint density at radius 3 is 2.67 bits per heavy atom. The third-order valence-electron chi connectivity index (χ3n) is 4.71. The van der Waals surface area contributed by atoms with Crippen molar-refractivity contribution in [3.8, 4) is 0 Å². The van der Waals surface area contributed by atoms with Crippen molar-refractivity contribution >= 4 is 5.91 Å². The molecule has 0 bridgehead atoms. The number of hydrogen-bond acceptors (Lipinski definition) is 3. The van der Waals surface area contributed by atoms with Crippen LogP contribution in [-0.4, -0.2) is 42.6 Å². The van der Waals surface area contributed by atoms with Gasteiger partial charge in [0.25, 0.3) is 0 Å². The lowest BCUT2D eigenvalue weighted by atomic mass is 9.93. The van der Waals surface area contributed by atoms with Crippen molar-refractivity contribution in [2.24, 2.45) is 5.92 Å². The van der Waals surface area contributed by atoms with E-state index in [-0.39, 0.29) is 11.8 Å². The van der Waals surface area contributed by atoms with Crippen LogP contribution in [0.5, 0.6) is 0 Å². The number of carbonyl (C=O) groups excluding carboxylic acids is 1. The number of methoxy groups -OCH3 is 1. The van der Waals surface area contributed by atoms with Crippen LogP contribution in [-0.2, 0) is 16.0 Å². The largest absolute Gasteiger partial charge is 0.384 e. The van der Waals surface area contributed by atoms with Gasteiger partial charge in [-0.15, -0.1) is 0 Å². The van der Waals surface area contributed by atoms with Crippen LogP contribution in [0.2, 0.25) is 0 Å². The van der Waals surface area contributed by atoms with E-state index in [1.54, 1.807) is 7.11 Å². The van der Waals surface area contributed by atoms with Crippen molar-refractivity contribution in [2.75, 3.05) is 26.8 Å². The fourth-order valence-electron chi connectivity index (χ4n) is 3.44. The summed E-state index contributed by atoms with van der Waals surface area (Å²) in [7, 11) is 1.72. The van der Waals surface area contributed by atoms with Crippen molar-refractivity contribution in [3.05, 3.63) is 66.0 Å². The summed E-state index contributed by atoms with van der Waals surface area (Å²) in [6.45, 7) is 2.14. The molecule has 1 saturated heterocycles.